The van der Waals surface area contributed by atoms with Crippen LogP contribution in [0.3, 0.4) is 0 Å². The zero-order valence-corrected chi connectivity index (χ0v) is 14.1. The number of aromatic nitrogens is 3. The summed E-state index contributed by atoms with van der Waals surface area (Å²) in [7, 11) is 0. The Hall–Kier alpha value is -2.37. The minimum absolute atomic E-state index is 0.0475. The fourth-order valence-corrected chi connectivity index (χ4v) is 2.08. The number of carbonyl (C=O) groups excluding carboxylic acids is 1. The second-order valence-electron chi connectivity index (χ2n) is 6.57. The third-order valence-corrected chi connectivity index (χ3v) is 3.12. The number of likely N-dealkylation sites (N-methyl/N-ethyl adjacent to an activating group) is 1. The molecule has 0 aliphatic heterocycles. The van der Waals surface area contributed by atoms with Gasteiger partial charge in [0.2, 0.25) is 11.8 Å². The maximum Gasteiger partial charge on any atom is 0.243 e. The first-order chi connectivity index (χ1) is 10.9. The van der Waals surface area contributed by atoms with Crippen LogP contribution in [0.1, 0.15) is 33.3 Å². The molecule has 0 saturated carbocycles. The third-order valence-electron chi connectivity index (χ3n) is 3.12. The number of hydrogen-bond donors (Lipinski definition) is 2. The van der Waals surface area contributed by atoms with Gasteiger partial charge < -0.3 is 15.0 Å². The van der Waals surface area contributed by atoms with E-state index in [0.29, 0.717) is 25.5 Å². The molecule has 0 spiro atoms. The van der Waals surface area contributed by atoms with Gasteiger partial charge in [-0.15, -0.1) is 0 Å². The lowest BCUT2D eigenvalue weighted by Gasteiger charge is -2.18. The zero-order chi connectivity index (χ0) is 16.9. The van der Waals surface area contributed by atoms with Crippen LogP contribution in [0.25, 0.3) is 11.0 Å². The molecule has 6 heteroatoms. The van der Waals surface area contributed by atoms with E-state index in [4.69, 9.17) is 4.74 Å². The lowest BCUT2D eigenvalue weighted by atomic mass is 9.99. The number of fused-ring (bicyclic) bond motifs is 1. The second kappa shape index (κ2) is 7.26. The van der Waals surface area contributed by atoms with Crippen LogP contribution in [-0.4, -0.2) is 34.0 Å². The van der Waals surface area contributed by atoms with E-state index in [-0.39, 0.29) is 11.3 Å². The van der Waals surface area contributed by atoms with Gasteiger partial charge in [0.15, 0.2) is 0 Å². The van der Waals surface area contributed by atoms with Gasteiger partial charge in [0.05, 0.1) is 12.0 Å². The molecule has 0 fully saturated rings. The van der Waals surface area contributed by atoms with E-state index in [9.17, 15) is 4.79 Å². The van der Waals surface area contributed by atoms with Gasteiger partial charge in [-0.2, -0.15) is 0 Å². The van der Waals surface area contributed by atoms with Gasteiger partial charge >= 0.3 is 0 Å². The highest BCUT2D eigenvalue weighted by atomic mass is 16.5. The highest BCUT2D eigenvalue weighted by Gasteiger charge is 2.16. The maximum absolute atomic E-state index is 11.5. The average Bonchev–Trinajstić information content (AvgIpc) is 2.88. The summed E-state index contributed by atoms with van der Waals surface area (Å²) in [5, 5.41) is 3.60. The zero-order valence-electron chi connectivity index (χ0n) is 14.1. The molecule has 2 aromatic rings. The Labute approximate surface area is 136 Å². The standard InChI is InChI=1S/C17H24N4O2/c1-5-18-13(22)8-6-7-12-9-19-15-14(12)16(21-11-20-15)23-10-17(2,3)4/h6,8-9,11H,5,7,10H2,1-4H3,(H,18,22)(H,19,20,21). The Morgan fingerprint density at radius 3 is 2.87 bits per heavy atom. The summed E-state index contributed by atoms with van der Waals surface area (Å²) in [5.74, 6) is 0.486. The van der Waals surface area contributed by atoms with Crippen LogP contribution in [0.5, 0.6) is 5.88 Å². The fraction of sp³-hybridized carbons (Fsp3) is 0.471. The summed E-state index contributed by atoms with van der Waals surface area (Å²) in [4.78, 5) is 23.1. The average molecular weight is 316 g/mol. The fourth-order valence-electron chi connectivity index (χ4n) is 2.08. The summed E-state index contributed by atoms with van der Waals surface area (Å²) in [6, 6.07) is 0. The van der Waals surface area contributed by atoms with Crippen molar-refractivity contribution in [1.82, 2.24) is 20.3 Å². The second-order valence-corrected chi connectivity index (χ2v) is 6.57. The van der Waals surface area contributed by atoms with Crippen LogP contribution in [-0.2, 0) is 11.2 Å². The summed E-state index contributed by atoms with van der Waals surface area (Å²) < 4.78 is 5.87. The van der Waals surface area contributed by atoms with E-state index in [1.807, 2.05) is 19.2 Å². The Morgan fingerprint density at radius 1 is 1.39 bits per heavy atom. The number of H-pyrrole nitrogens is 1. The van der Waals surface area contributed by atoms with Crippen LogP contribution in [0.4, 0.5) is 0 Å². The molecule has 0 aliphatic rings. The van der Waals surface area contributed by atoms with Gasteiger partial charge in [0, 0.05) is 12.7 Å². The monoisotopic (exact) mass is 316 g/mol. The number of ether oxygens (including phenoxy) is 1. The Morgan fingerprint density at radius 2 is 2.17 bits per heavy atom. The Bertz CT molecular complexity index is 698. The minimum Gasteiger partial charge on any atom is -0.477 e. The number of hydrogen-bond acceptors (Lipinski definition) is 4. The molecular formula is C17H24N4O2. The predicted molar refractivity (Wildman–Crippen MR) is 90.4 cm³/mol. The van der Waals surface area contributed by atoms with E-state index in [0.717, 1.165) is 16.6 Å². The van der Waals surface area contributed by atoms with Crippen LogP contribution in [0.2, 0.25) is 0 Å². The summed E-state index contributed by atoms with van der Waals surface area (Å²) in [6.45, 7) is 9.41. The number of rotatable bonds is 6. The van der Waals surface area contributed by atoms with Crippen molar-refractivity contribution in [2.24, 2.45) is 5.41 Å². The van der Waals surface area contributed by atoms with Gasteiger partial charge in [0.1, 0.15) is 12.0 Å². The van der Waals surface area contributed by atoms with Crippen LogP contribution in [0, 0.1) is 5.41 Å². The van der Waals surface area contributed by atoms with Gasteiger partial charge in [-0.1, -0.05) is 26.8 Å². The van der Waals surface area contributed by atoms with Crippen molar-refractivity contribution >= 4 is 16.9 Å². The SMILES string of the molecule is CCNC(=O)C=CCc1c[nH]c2ncnc(OCC(C)(C)C)c12. The smallest absolute Gasteiger partial charge is 0.243 e. The molecule has 0 aliphatic carbocycles. The molecule has 0 unspecified atom stereocenters. The molecule has 23 heavy (non-hydrogen) atoms. The van der Waals surface area contributed by atoms with Crippen molar-refractivity contribution in [2.45, 2.75) is 34.1 Å². The molecule has 0 radical (unpaired) electrons. The molecule has 2 aromatic heterocycles. The first-order valence-electron chi connectivity index (χ1n) is 7.79. The number of amides is 1. The van der Waals surface area contributed by atoms with Gasteiger partial charge in [0.25, 0.3) is 0 Å². The van der Waals surface area contributed by atoms with E-state index >= 15 is 0 Å². The third kappa shape index (κ3) is 4.81. The molecule has 0 bridgehead atoms. The summed E-state index contributed by atoms with van der Waals surface area (Å²) in [5.41, 5.74) is 1.79. The Kier molecular flexibility index (Phi) is 5.36. The highest BCUT2D eigenvalue weighted by molar-refractivity contribution is 5.88. The van der Waals surface area contributed by atoms with Crippen LogP contribution >= 0.6 is 0 Å². The Balaban J connectivity index is 2.19. The number of aromatic amines is 1. The maximum atomic E-state index is 11.5. The van der Waals surface area contributed by atoms with Gasteiger partial charge in [-0.25, -0.2) is 9.97 Å². The molecule has 124 valence electrons. The largest absolute Gasteiger partial charge is 0.477 e. The van der Waals surface area contributed by atoms with Crippen molar-refractivity contribution in [3.05, 3.63) is 30.2 Å². The van der Waals surface area contributed by atoms with E-state index < -0.39 is 0 Å². The number of allylic oxidation sites excluding steroid dienone is 1. The molecular weight excluding hydrogens is 292 g/mol. The lowest BCUT2D eigenvalue weighted by molar-refractivity contribution is -0.116. The topological polar surface area (TPSA) is 79.9 Å². The minimum atomic E-state index is -0.0900. The highest BCUT2D eigenvalue weighted by Crippen LogP contribution is 2.27. The van der Waals surface area contributed by atoms with Crippen molar-refractivity contribution < 1.29 is 9.53 Å². The number of nitrogens with zero attached hydrogens (tertiary/aromatic N) is 2. The molecule has 2 heterocycles. The van der Waals surface area contributed by atoms with Crippen molar-refractivity contribution in [3.63, 3.8) is 0 Å². The van der Waals surface area contributed by atoms with E-state index in [2.05, 4.69) is 41.0 Å². The molecule has 2 rings (SSSR count). The number of nitrogens with one attached hydrogen (secondary N) is 2. The molecule has 0 aromatic carbocycles. The molecule has 6 nitrogen and oxygen atoms in total. The quantitative estimate of drug-likeness (QED) is 0.803. The summed E-state index contributed by atoms with van der Waals surface area (Å²) >= 11 is 0. The lowest BCUT2D eigenvalue weighted by Crippen LogP contribution is -2.19. The van der Waals surface area contributed by atoms with Crippen molar-refractivity contribution in [2.75, 3.05) is 13.2 Å². The number of carbonyl (C=O) groups is 1. The van der Waals surface area contributed by atoms with Crippen LogP contribution in [0.15, 0.2) is 24.7 Å². The molecule has 1 amide bonds. The van der Waals surface area contributed by atoms with E-state index in [1.54, 1.807) is 6.08 Å². The van der Waals surface area contributed by atoms with Gasteiger partial charge in [-0.05, 0) is 30.4 Å². The van der Waals surface area contributed by atoms with Crippen molar-refractivity contribution in [1.29, 1.82) is 0 Å². The van der Waals surface area contributed by atoms with Gasteiger partial charge in [-0.3, -0.25) is 4.79 Å². The molecule has 2 N–H and O–H groups in total. The predicted octanol–water partition coefficient (Wildman–Crippen LogP) is 2.62. The van der Waals surface area contributed by atoms with Crippen molar-refractivity contribution in [3.8, 4) is 5.88 Å². The molecule has 0 atom stereocenters. The first kappa shape index (κ1) is 17.0. The summed E-state index contributed by atoms with van der Waals surface area (Å²) in [6.07, 6.45) is 7.35. The first-order valence-corrected chi connectivity index (χ1v) is 7.79. The molecule has 0 saturated heterocycles. The van der Waals surface area contributed by atoms with E-state index in [1.165, 1.54) is 6.33 Å². The van der Waals surface area contributed by atoms with Crippen LogP contribution < -0.4 is 10.1 Å². The normalized spacial score (nSPS) is 12.0.